The maximum absolute atomic E-state index is 8.74. The first kappa shape index (κ1) is 9.88. The zero-order valence-corrected chi connectivity index (χ0v) is 6.67. The minimum Gasteiger partial charge on any atom is -0.391 e. The van der Waals surface area contributed by atoms with Crippen LogP contribution in [0.5, 0.6) is 0 Å². The highest BCUT2D eigenvalue weighted by molar-refractivity contribution is 4.40. The van der Waals surface area contributed by atoms with Crippen molar-refractivity contribution in [1.29, 1.82) is 0 Å². The Bertz CT molecular complexity index is 63.9. The second-order valence-electron chi connectivity index (χ2n) is 2.12. The Labute approximate surface area is 62.0 Å². The van der Waals surface area contributed by atoms with Crippen molar-refractivity contribution in [2.75, 3.05) is 26.4 Å². The van der Waals surface area contributed by atoms with Gasteiger partial charge in [-0.3, -0.25) is 0 Å². The summed E-state index contributed by atoms with van der Waals surface area (Å²) in [6.45, 7) is 5.93. The van der Waals surface area contributed by atoms with Gasteiger partial charge in [-0.2, -0.15) is 0 Å². The molecule has 0 bridgehead atoms. The molecule has 0 fully saturated rings. The van der Waals surface area contributed by atoms with Gasteiger partial charge in [-0.15, -0.1) is 0 Å². The predicted octanol–water partition coefficient (Wildman–Crippen LogP) is 0.420. The van der Waals surface area contributed by atoms with Gasteiger partial charge in [0.25, 0.3) is 0 Å². The van der Waals surface area contributed by atoms with Crippen molar-refractivity contribution < 1.29 is 14.6 Å². The molecule has 0 rings (SSSR count). The zero-order chi connectivity index (χ0) is 7.82. The van der Waals surface area contributed by atoms with Crippen LogP contribution in [0.15, 0.2) is 0 Å². The summed E-state index contributed by atoms with van der Waals surface area (Å²) in [6.07, 6.45) is -0.373. The molecule has 10 heavy (non-hydrogen) atoms. The lowest BCUT2D eigenvalue weighted by atomic mass is 10.4. The fourth-order valence-electron chi connectivity index (χ4n) is 0.516. The third-order valence-electron chi connectivity index (χ3n) is 0.935. The Kier molecular flexibility index (Phi) is 6.91. The lowest BCUT2D eigenvalue weighted by Gasteiger charge is -2.05. The maximum Gasteiger partial charge on any atom is 0.0745 e. The van der Waals surface area contributed by atoms with Crippen molar-refractivity contribution in [3.63, 3.8) is 0 Å². The lowest BCUT2D eigenvalue weighted by Crippen LogP contribution is -2.13. The lowest BCUT2D eigenvalue weighted by molar-refractivity contribution is 0.0120. The van der Waals surface area contributed by atoms with Crippen LogP contribution in [0.3, 0.4) is 0 Å². The molecular formula is C7H16O3. The second-order valence-corrected chi connectivity index (χ2v) is 2.12. The van der Waals surface area contributed by atoms with E-state index in [4.69, 9.17) is 14.6 Å². The Morgan fingerprint density at radius 2 is 1.90 bits per heavy atom. The summed E-state index contributed by atoms with van der Waals surface area (Å²) >= 11 is 0. The topological polar surface area (TPSA) is 38.7 Å². The van der Waals surface area contributed by atoms with Crippen molar-refractivity contribution >= 4 is 0 Å². The molecule has 0 saturated heterocycles. The van der Waals surface area contributed by atoms with Crippen LogP contribution in [0.2, 0.25) is 0 Å². The highest BCUT2D eigenvalue weighted by Gasteiger charge is 1.93. The highest BCUT2D eigenvalue weighted by atomic mass is 16.5. The van der Waals surface area contributed by atoms with Gasteiger partial charge in [-0.1, -0.05) is 0 Å². The van der Waals surface area contributed by atoms with Crippen LogP contribution < -0.4 is 0 Å². The molecule has 62 valence electrons. The molecule has 0 unspecified atom stereocenters. The van der Waals surface area contributed by atoms with Gasteiger partial charge in [-0.25, -0.2) is 0 Å². The molecule has 1 N–H and O–H groups in total. The number of aliphatic hydroxyl groups excluding tert-OH is 1. The average Bonchev–Trinajstić information content (AvgIpc) is 1.87. The molecule has 1 atom stereocenters. The first-order valence-corrected chi connectivity index (χ1v) is 3.61. The Balaban J connectivity index is 2.77. The predicted molar refractivity (Wildman–Crippen MR) is 39.0 cm³/mol. The third kappa shape index (κ3) is 7.88. The summed E-state index contributed by atoms with van der Waals surface area (Å²) in [5.41, 5.74) is 0. The normalized spacial score (nSPS) is 13.5. The molecule has 0 aromatic heterocycles. The van der Waals surface area contributed by atoms with Gasteiger partial charge < -0.3 is 14.6 Å². The van der Waals surface area contributed by atoms with E-state index in [-0.39, 0.29) is 6.10 Å². The van der Waals surface area contributed by atoms with Crippen molar-refractivity contribution in [3.8, 4) is 0 Å². The summed E-state index contributed by atoms with van der Waals surface area (Å²) in [6, 6.07) is 0. The summed E-state index contributed by atoms with van der Waals surface area (Å²) in [5, 5.41) is 8.74. The van der Waals surface area contributed by atoms with E-state index in [9.17, 15) is 0 Å². The minimum atomic E-state index is -0.373. The molecule has 3 heteroatoms. The van der Waals surface area contributed by atoms with Gasteiger partial charge in [0.15, 0.2) is 0 Å². The van der Waals surface area contributed by atoms with Crippen LogP contribution in [0.1, 0.15) is 13.8 Å². The first-order valence-electron chi connectivity index (χ1n) is 3.61. The Morgan fingerprint density at radius 3 is 2.40 bits per heavy atom. The van der Waals surface area contributed by atoms with Crippen molar-refractivity contribution in [1.82, 2.24) is 0 Å². The van der Waals surface area contributed by atoms with Crippen molar-refractivity contribution in [2.24, 2.45) is 0 Å². The van der Waals surface area contributed by atoms with Crippen LogP contribution >= 0.6 is 0 Å². The molecule has 0 amide bonds. The first-order chi connectivity index (χ1) is 4.77. The molecule has 0 aliphatic heterocycles. The molecule has 3 nitrogen and oxygen atoms in total. The fourth-order valence-corrected chi connectivity index (χ4v) is 0.516. The van der Waals surface area contributed by atoms with E-state index in [0.29, 0.717) is 19.8 Å². The standard InChI is InChI=1S/C7H16O3/c1-3-9-4-5-10-6-7(2)8/h7-8H,3-6H2,1-2H3/t7-/m1/s1. The van der Waals surface area contributed by atoms with Gasteiger partial charge in [0.2, 0.25) is 0 Å². The molecule has 0 aliphatic rings. The van der Waals surface area contributed by atoms with E-state index < -0.39 is 0 Å². The SMILES string of the molecule is CCOCCOC[C@@H](C)O. The van der Waals surface area contributed by atoms with Gasteiger partial charge in [-0.05, 0) is 13.8 Å². The molecule has 0 aliphatic carbocycles. The van der Waals surface area contributed by atoms with E-state index in [1.807, 2.05) is 6.92 Å². The highest BCUT2D eigenvalue weighted by Crippen LogP contribution is 1.82. The van der Waals surface area contributed by atoms with E-state index in [1.165, 1.54) is 0 Å². The maximum atomic E-state index is 8.74. The van der Waals surface area contributed by atoms with Gasteiger partial charge in [0, 0.05) is 6.61 Å². The molecule has 0 aromatic rings. The fraction of sp³-hybridized carbons (Fsp3) is 1.00. The molecule has 0 radical (unpaired) electrons. The third-order valence-corrected chi connectivity index (χ3v) is 0.935. The van der Waals surface area contributed by atoms with Gasteiger partial charge in [0.05, 0.1) is 25.9 Å². The van der Waals surface area contributed by atoms with Crippen molar-refractivity contribution in [2.45, 2.75) is 20.0 Å². The summed E-state index contributed by atoms with van der Waals surface area (Å²) in [4.78, 5) is 0. The van der Waals surface area contributed by atoms with Crippen LogP contribution in [-0.2, 0) is 9.47 Å². The second kappa shape index (κ2) is 6.99. The van der Waals surface area contributed by atoms with E-state index in [0.717, 1.165) is 6.61 Å². The molecule has 0 spiro atoms. The van der Waals surface area contributed by atoms with E-state index in [2.05, 4.69) is 0 Å². The quantitative estimate of drug-likeness (QED) is 0.555. The van der Waals surface area contributed by atoms with Crippen LogP contribution in [0, 0.1) is 0 Å². The smallest absolute Gasteiger partial charge is 0.0745 e. The van der Waals surface area contributed by atoms with Crippen LogP contribution in [-0.4, -0.2) is 37.6 Å². The molecule has 0 aromatic carbocycles. The largest absolute Gasteiger partial charge is 0.391 e. The minimum absolute atomic E-state index is 0.373. The Morgan fingerprint density at radius 1 is 1.30 bits per heavy atom. The number of rotatable bonds is 6. The summed E-state index contributed by atoms with van der Waals surface area (Å²) in [5.74, 6) is 0. The number of aliphatic hydroxyl groups is 1. The average molecular weight is 148 g/mol. The summed E-state index contributed by atoms with van der Waals surface area (Å²) < 4.78 is 10.0. The Hall–Kier alpha value is -0.120. The van der Waals surface area contributed by atoms with Crippen molar-refractivity contribution in [3.05, 3.63) is 0 Å². The number of ether oxygens (including phenoxy) is 2. The number of hydrogen-bond acceptors (Lipinski definition) is 3. The van der Waals surface area contributed by atoms with E-state index >= 15 is 0 Å². The molecule has 0 heterocycles. The van der Waals surface area contributed by atoms with Gasteiger partial charge in [0.1, 0.15) is 0 Å². The zero-order valence-electron chi connectivity index (χ0n) is 6.67. The monoisotopic (exact) mass is 148 g/mol. The molecule has 0 saturated carbocycles. The number of hydrogen-bond donors (Lipinski definition) is 1. The van der Waals surface area contributed by atoms with Crippen LogP contribution in [0.25, 0.3) is 0 Å². The molecular weight excluding hydrogens is 132 g/mol. The van der Waals surface area contributed by atoms with E-state index in [1.54, 1.807) is 6.92 Å². The van der Waals surface area contributed by atoms with Gasteiger partial charge >= 0.3 is 0 Å². The summed E-state index contributed by atoms with van der Waals surface area (Å²) in [7, 11) is 0. The van der Waals surface area contributed by atoms with Crippen LogP contribution in [0.4, 0.5) is 0 Å².